The molecule has 1 heterocycles. The summed E-state index contributed by atoms with van der Waals surface area (Å²) >= 11 is 0. The second kappa shape index (κ2) is 6.86. The molecule has 8 nitrogen and oxygen atoms in total. The maximum absolute atomic E-state index is 12.5. The highest BCUT2D eigenvalue weighted by Crippen LogP contribution is 2.17. The Morgan fingerprint density at radius 2 is 2.23 bits per heavy atom. The monoisotopic (exact) mass is 327 g/mol. The van der Waals surface area contributed by atoms with Crippen LogP contribution >= 0.6 is 0 Å². The number of hydrogen-bond donors (Lipinski definition) is 2. The van der Waals surface area contributed by atoms with Crippen molar-refractivity contribution in [2.45, 2.75) is 11.8 Å². The van der Waals surface area contributed by atoms with Crippen molar-refractivity contribution in [1.82, 2.24) is 15.1 Å². The summed E-state index contributed by atoms with van der Waals surface area (Å²) in [6.07, 6.45) is 0. The van der Waals surface area contributed by atoms with Gasteiger partial charge in [-0.15, -0.1) is 0 Å². The zero-order valence-corrected chi connectivity index (χ0v) is 12.9. The van der Waals surface area contributed by atoms with Gasteiger partial charge in [-0.3, -0.25) is 14.4 Å². The summed E-state index contributed by atoms with van der Waals surface area (Å²) in [7, 11) is -3.82. The molecule has 1 aromatic carbocycles. The van der Waals surface area contributed by atoms with Gasteiger partial charge < -0.3 is 5.32 Å². The lowest BCUT2D eigenvalue weighted by Gasteiger charge is -2.26. The first-order valence-electron chi connectivity index (χ1n) is 6.74. The van der Waals surface area contributed by atoms with Gasteiger partial charge in [0.15, 0.2) is 0 Å². The lowest BCUT2D eigenvalue weighted by molar-refractivity contribution is -0.122. The van der Waals surface area contributed by atoms with Crippen LogP contribution in [0.2, 0.25) is 0 Å². The summed E-state index contributed by atoms with van der Waals surface area (Å²) in [4.78, 5) is 27.9. The van der Waals surface area contributed by atoms with Crippen molar-refractivity contribution in [1.29, 1.82) is 0 Å². The molecule has 2 N–H and O–H groups in total. The summed E-state index contributed by atoms with van der Waals surface area (Å²) in [5, 5.41) is 2.56. The average Bonchev–Trinajstić information content (AvgIpc) is 2.52. The maximum Gasteiger partial charge on any atom is 0.274 e. The van der Waals surface area contributed by atoms with Crippen LogP contribution in [0.1, 0.15) is 17.3 Å². The highest BCUT2D eigenvalue weighted by Gasteiger charge is 2.29. The molecule has 1 aromatic rings. The van der Waals surface area contributed by atoms with Crippen molar-refractivity contribution in [3.8, 4) is 0 Å². The molecule has 1 fully saturated rings. The molecule has 0 saturated carbocycles. The second-order valence-electron chi connectivity index (χ2n) is 4.58. The standard InChI is InChI=1S/C13H17N3O5S/c1-2-21-15-13(18)10-4-3-5-11(8-10)22(19,20)16-7-6-14-12(17)9-16/h3-5,8H,2,6-7,9H2,1H3,(H,14,17)(H,15,18). The van der Waals surface area contributed by atoms with Gasteiger partial charge in [0.2, 0.25) is 15.9 Å². The van der Waals surface area contributed by atoms with Gasteiger partial charge in [0.1, 0.15) is 0 Å². The van der Waals surface area contributed by atoms with E-state index in [1.807, 2.05) is 0 Å². The Hall–Kier alpha value is -1.97. The fourth-order valence-corrected chi connectivity index (χ4v) is 3.41. The Balaban J connectivity index is 2.24. The normalized spacial score (nSPS) is 16.1. The lowest BCUT2D eigenvalue weighted by Crippen LogP contribution is -2.49. The number of hydroxylamine groups is 1. The minimum absolute atomic E-state index is 0.0358. The van der Waals surface area contributed by atoms with Crippen LogP contribution in [0.4, 0.5) is 0 Å². The molecule has 1 aliphatic rings. The van der Waals surface area contributed by atoms with Crippen LogP contribution in [-0.2, 0) is 19.7 Å². The molecule has 22 heavy (non-hydrogen) atoms. The molecule has 0 aliphatic carbocycles. The fourth-order valence-electron chi connectivity index (χ4n) is 1.96. The van der Waals surface area contributed by atoms with E-state index in [-0.39, 0.29) is 36.0 Å². The van der Waals surface area contributed by atoms with Crippen LogP contribution in [0.15, 0.2) is 29.2 Å². The van der Waals surface area contributed by atoms with E-state index in [1.165, 1.54) is 24.3 Å². The average molecular weight is 327 g/mol. The summed E-state index contributed by atoms with van der Waals surface area (Å²) < 4.78 is 26.1. The quantitative estimate of drug-likeness (QED) is 0.709. The van der Waals surface area contributed by atoms with E-state index < -0.39 is 15.9 Å². The van der Waals surface area contributed by atoms with Crippen molar-refractivity contribution in [2.24, 2.45) is 0 Å². The van der Waals surface area contributed by atoms with Crippen molar-refractivity contribution < 1.29 is 22.8 Å². The zero-order chi connectivity index (χ0) is 16.2. The van der Waals surface area contributed by atoms with Crippen molar-refractivity contribution >= 4 is 21.8 Å². The molecule has 1 aliphatic heterocycles. The molecular weight excluding hydrogens is 310 g/mol. The lowest BCUT2D eigenvalue weighted by atomic mass is 10.2. The minimum Gasteiger partial charge on any atom is -0.354 e. The number of carbonyl (C=O) groups excluding carboxylic acids is 2. The smallest absolute Gasteiger partial charge is 0.274 e. The highest BCUT2D eigenvalue weighted by atomic mass is 32.2. The first-order valence-corrected chi connectivity index (χ1v) is 8.18. The topological polar surface area (TPSA) is 105 Å². The predicted octanol–water partition coefficient (Wildman–Crippen LogP) is -0.512. The predicted molar refractivity (Wildman–Crippen MR) is 77.3 cm³/mol. The van der Waals surface area contributed by atoms with Gasteiger partial charge in [-0.1, -0.05) is 6.07 Å². The van der Waals surface area contributed by atoms with Gasteiger partial charge >= 0.3 is 0 Å². The van der Waals surface area contributed by atoms with Gasteiger partial charge in [0, 0.05) is 18.7 Å². The number of piperazine rings is 1. The number of hydrogen-bond acceptors (Lipinski definition) is 5. The number of sulfonamides is 1. The molecule has 120 valence electrons. The number of nitrogens with zero attached hydrogens (tertiary/aromatic N) is 1. The van der Waals surface area contributed by atoms with Gasteiger partial charge in [0.25, 0.3) is 5.91 Å². The first-order chi connectivity index (χ1) is 10.4. The fraction of sp³-hybridized carbons (Fsp3) is 0.385. The molecule has 0 spiro atoms. The van der Waals surface area contributed by atoms with Gasteiger partial charge in [-0.2, -0.15) is 4.31 Å². The highest BCUT2D eigenvalue weighted by molar-refractivity contribution is 7.89. The van der Waals surface area contributed by atoms with Crippen LogP contribution in [-0.4, -0.2) is 50.8 Å². The van der Waals surface area contributed by atoms with E-state index in [4.69, 9.17) is 4.84 Å². The van der Waals surface area contributed by atoms with Crippen molar-refractivity contribution in [2.75, 3.05) is 26.2 Å². The number of benzene rings is 1. The third-order valence-corrected chi connectivity index (χ3v) is 4.89. The Morgan fingerprint density at radius 3 is 2.91 bits per heavy atom. The Kier molecular flexibility index (Phi) is 5.11. The minimum atomic E-state index is -3.82. The van der Waals surface area contributed by atoms with Crippen LogP contribution in [0.5, 0.6) is 0 Å². The third-order valence-electron chi connectivity index (χ3n) is 3.05. The first kappa shape index (κ1) is 16.4. The number of nitrogens with one attached hydrogen (secondary N) is 2. The van der Waals surface area contributed by atoms with Gasteiger partial charge in [-0.25, -0.2) is 13.9 Å². The molecular formula is C13H17N3O5S. The largest absolute Gasteiger partial charge is 0.354 e. The molecule has 2 rings (SSSR count). The number of carbonyl (C=O) groups is 2. The van der Waals surface area contributed by atoms with Gasteiger partial charge in [-0.05, 0) is 25.1 Å². The summed E-state index contributed by atoms with van der Waals surface area (Å²) in [6.45, 7) is 2.25. The van der Waals surface area contributed by atoms with Crippen LogP contribution in [0, 0.1) is 0 Å². The summed E-state index contributed by atoms with van der Waals surface area (Å²) in [5.74, 6) is -0.879. The Morgan fingerprint density at radius 1 is 1.45 bits per heavy atom. The number of rotatable bonds is 5. The SMILES string of the molecule is CCONC(=O)c1cccc(S(=O)(=O)N2CCNC(=O)C2)c1. The van der Waals surface area contributed by atoms with Crippen LogP contribution < -0.4 is 10.8 Å². The van der Waals surface area contributed by atoms with Crippen molar-refractivity contribution in [3.05, 3.63) is 29.8 Å². The number of amides is 2. The molecule has 0 unspecified atom stereocenters. The second-order valence-corrected chi connectivity index (χ2v) is 6.52. The molecule has 1 saturated heterocycles. The van der Waals surface area contributed by atoms with Crippen LogP contribution in [0.3, 0.4) is 0 Å². The van der Waals surface area contributed by atoms with E-state index in [0.29, 0.717) is 6.61 Å². The molecule has 0 atom stereocenters. The summed E-state index contributed by atoms with van der Waals surface area (Å²) in [6, 6.07) is 5.60. The molecule has 2 amide bonds. The van der Waals surface area contributed by atoms with E-state index >= 15 is 0 Å². The molecule has 9 heteroatoms. The van der Waals surface area contributed by atoms with Crippen molar-refractivity contribution in [3.63, 3.8) is 0 Å². The van der Waals surface area contributed by atoms with E-state index in [1.54, 1.807) is 6.92 Å². The third kappa shape index (κ3) is 3.62. The molecule has 0 aromatic heterocycles. The van der Waals surface area contributed by atoms with E-state index in [2.05, 4.69) is 10.8 Å². The Labute approximate surface area is 128 Å². The van der Waals surface area contributed by atoms with E-state index in [0.717, 1.165) is 4.31 Å². The van der Waals surface area contributed by atoms with E-state index in [9.17, 15) is 18.0 Å². The summed E-state index contributed by atoms with van der Waals surface area (Å²) in [5.41, 5.74) is 2.37. The maximum atomic E-state index is 12.5. The van der Waals surface area contributed by atoms with Crippen LogP contribution in [0.25, 0.3) is 0 Å². The Bertz CT molecular complexity index is 674. The van der Waals surface area contributed by atoms with Gasteiger partial charge in [0.05, 0.1) is 18.0 Å². The zero-order valence-electron chi connectivity index (χ0n) is 12.0. The molecule has 0 radical (unpaired) electrons. The molecule has 0 bridgehead atoms.